The fourth-order valence-electron chi connectivity index (χ4n) is 5.93. The zero-order chi connectivity index (χ0) is 23.8. The van der Waals surface area contributed by atoms with Gasteiger partial charge in [0.15, 0.2) is 0 Å². The third-order valence-corrected chi connectivity index (χ3v) is 10.4. The first-order valence-electron chi connectivity index (χ1n) is 12.6. The third-order valence-electron chi connectivity index (χ3n) is 7.85. The Balaban J connectivity index is 1.28. The van der Waals surface area contributed by atoms with Gasteiger partial charge in [0.2, 0.25) is 15.9 Å². The summed E-state index contributed by atoms with van der Waals surface area (Å²) in [7, 11) is -3.78. The first kappa shape index (κ1) is 24.0. The van der Waals surface area contributed by atoms with E-state index in [-0.39, 0.29) is 10.8 Å². The van der Waals surface area contributed by atoms with Gasteiger partial charge in [-0.15, -0.1) is 11.3 Å². The highest BCUT2D eigenvalue weighted by molar-refractivity contribution is 7.89. The molecule has 8 heteroatoms. The quantitative estimate of drug-likeness (QED) is 0.670. The van der Waals surface area contributed by atoms with E-state index in [0.29, 0.717) is 32.0 Å². The molecule has 184 valence electrons. The minimum absolute atomic E-state index is 0.0272. The molecule has 34 heavy (non-hydrogen) atoms. The second-order valence-corrected chi connectivity index (χ2v) is 12.9. The molecule has 1 saturated carbocycles. The molecule has 1 aliphatic carbocycles. The second kappa shape index (κ2) is 9.72. The zero-order valence-corrected chi connectivity index (χ0v) is 21.6. The second-order valence-electron chi connectivity index (χ2n) is 10.2. The van der Waals surface area contributed by atoms with Gasteiger partial charge in [0.1, 0.15) is 5.54 Å². The van der Waals surface area contributed by atoms with Crippen molar-refractivity contribution < 1.29 is 13.2 Å². The summed E-state index contributed by atoms with van der Waals surface area (Å²) in [6.07, 6.45) is 6.95. The standard InChI is InChI=1S/C26H35N3O3S2/c1-20-6-5-7-23(18-20)34(31,32)27-26(12-3-2-4-13-26)25(30)28-14-8-22(9-15-28)29-16-10-24-21(19-29)11-17-33-24/h5-7,11,17-18,22,27H,2-4,8-10,12-16,19H2,1H3. The molecule has 1 aromatic heterocycles. The molecule has 2 aromatic rings. The van der Waals surface area contributed by atoms with E-state index in [0.717, 1.165) is 57.2 Å². The van der Waals surface area contributed by atoms with Gasteiger partial charge < -0.3 is 4.90 Å². The molecule has 0 spiro atoms. The lowest BCUT2D eigenvalue weighted by atomic mass is 9.81. The highest BCUT2D eigenvalue weighted by atomic mass is 32.2. The number of carbonyl (C=O) groups excluding carboxylic acids is 1. The predicted molar refractivity (Wildman–Crippen MR) is 135 cm³/mol. The number of carbonyl (C=O) groups is 1. The molecule has 6 nitrogen and oxygen atoms in total. The number of hydrogen-bond donors (Lipinski definition) is 1. The molecule has 0 atom stereocenters. The monoisotopic (exact) mass is 501 g/mol. The van der Waals surface area contributed by atoms with Gasteiger partial charge in [-0.1, -0.05) is 31.4 Å². The molecular formula is C26H35N3O3S2. The van der Waals surface area contributed by atoms with Crippen molar-refractivity contribution >= 4 is 27.3 Å². The first-order chi connectivity index (χ1) is 16.4. The zero-order valence-electron chi connectivity index (χ0n) is 20.0. The van der Waals surface area contributed by atoms with Crippen molar-refractivity contribution in [1.29, 1.82) is 0 Å². The van der Waals surface area contributed by atoms with Crippen LogP contribution in [0.25, 0.3) is 0 Å². The number of nitrogens with zero attached hydrogens (tertiary/aromatic N) is 2. The number of fused-ring (bicyclic) bond motifs is 1. The molecule has 0 bridgehead atoms. The Morgan fingerprint density at radius 2 is 1.85 bits per heavy atom. The SMILES string of the molecule is Cc1cccc(S(=O)(=O)NC2(C(=O)N3CCC(N4CCc5sccc5C4)CC3)CCCCC2)c1. The molecule has 2 aliphatic heterocycles. The predicted octanol–water partition coefficient (Wildman–Crippen LogP) is 4.09. The number of thiophene rings is 1. The average molecular weight is 502 g/mol. The Morgan fingerprint density at radius 3 is 2.59 bits per heavy atom. The van der Waals surface area contributed by atoms with Crippen molar-refractivity contribution in [2.45, 2.75) is 81.3 Å². The molecule has 0 radical (unpaired) electrons. The normalized spacial score (nSPS) is 21.9. The number of nitrogens with one attached hydrogen (secondary N) is 1. The van der Waals surface area contributed by atoms with Crippen LogP contribution in [0, 0.1) is 6.92 Å². The Kier molecular flexibility index (Phi) is 6.86. The van der Waals surface area contributed by atoms with Gasteiger partial charge in [0.05, 0.1) is 4.90 Å². The van der Waals surface area contributed by atoms with Crippen LogP contribution in [-0.4, -0.2) is 55.3 Å². The number of benzene rings is 1. The van der Waals surface area contributed by atoms with E-state index < -0.39 is 15.6 Å². The summed E-state index contributed by atoms with van der Waals surface area (Å²) < 4.78 is 29.5. The van der Waals surface area contributed by atoms with Crippen LogP contribution in [0.5, 0.6) is 0 Å². The van der Waals surface area contributed by atoms with E-state index in [1.54, 1.807) is 18.2 Å². The Hall–Kier alpha value is -1.74. The van der Waals surface area contributed by atoms with Gasteiger partial charge in [0.25, 0.3) is 0 Å². The van der Waals surface area contributed by atoms with Crippen LogP contribution in [0.1, 0.15) is 60.9 Å². The molecule has 1 aromatic carbocycles. The third kappa shape index (κ3) is 4.83. The van der Waals surface area contributed by atoms with Crippen LogP contribution in [0.3, 0.4) is 0 Å². The van der Waals surface area contributed by atoms with E-state index in [4.69, 9.17) is 0 Å². The van der Waals surface area contributed by atoms with Crippen LogP contribution in [-0.2, 0) is 27.8 Å². The topological polar surface area (TPSA) is 69.7 Å². The lowest BCUT2D eigenvalue weighted by molar-refractivity contribution is -0.140. The van der Waals surface area contributed by atoms with Gasteiger partial charge in [0, 0.05) is 37.1 Å². The molecular weight excluding hydrogens is 466 g/mol. The molecule has 1 N–H and O–H groups in total. The highest BCUT2D eigenvalue weighted by Gasteiger charge is 2.46. The summed E-state index contributed by atoms with van der Waals surface area (Å²) >= 11 is 1.86. The molecule has 5 rings (SSSR count). The van der Waals surface area contributed by atoms with Crippen molar-refractivity contribution in [2.24, 2.45) is 0 Å². The number of rotatable bonds is 5. The maximum atomic E-state index is 13.8. The van der Waals surface area contributed by atoms with Gasteiger partial charge in [-0.3, -0.25) is 9.69 Å². The van der Waals surface area contributed by atoms with E-state index in [1.165, 1.54) is 10.4 Å². The molecule has 2 fully saturated rings. The van der Waals surface area contributed by atoms with Gasteiger partial charge >= 0.3 is 0 Å². The molecule has 3 heterocycles. The van der Waals surface area contributed by atoms with Crippen molar-refractivity contribution in [3.8, 4) is 0 Å². The van der Waals surface area contributed by atoms with E-state index in [9.17, 15) is 13.2 Å². The number of likely N-dealkylation sites (tertiary alicyclic amines) is 1. The van der Waals surface area contributed by atoms with E-state index >= 15 is 0 Å². The van der Waals surface area contributed by atoms with Crippen LogP contribution in [0.4, 0.5) is 0 Å². The summed E-state index contributed by atoms with van der Waals surface area (Å²) in [6, 6.07) is 9.66. The molecule has 0 unspecified atom stereocenters. The fraction of sp³-hybridized carbons (Fsp3) is 0.577. The Labute approximate surface area is 207 Å². The maximum absolute atomic E-state index is 13.8. The summed E-state index contributed by atoms with van der Waals surface area (Å²) in [5.41, 5.74) is 1.33. The van der Waals surface area contributed by atoms with Gasteiger partial charge in [-0.25, -0.2) is 8.42 Å². The largest absolute Gasteiger partial charge is 0.341 e. The summed E-state index contributed by atoms with van der Waals surface area (Å²) in [4.78, 5) is 20.1. The van der Waals surface area contributed by atoms with Crippen molar-refractivity contribution in [1.82, 2.24) is 14.5 Å². The first-order valence-corrected chi connectivity index (χ1v) is 14.9. The van der Waals surface area contributed by atoms with Gasteiger partial charge in [-0.05, 0) is 73.7 Å². The molecule has 3 aliphatic rings. The van der Waals surface area contributed by atoms with Crippen molar-refractivity contribution in [2.75, 3.05) is 19.6 Å². The fourth-order valence-corrected chi connectivity index (χ4v) is 8.34. The number of piperidine rings is 1. The van der Waals surface area contributed by atoms with Crippen LogP contribution in [0.15, 0.2) is 40.6 Å². The number of aryl methyl sites for hydroxylation is 1. The number of hydrogen-bond acceptors (Lipinski definition) is 5. The maximum Gasteiger partial charge on any atom is 0.243 e. The van der Waals surface area contributed by atoms with Crippen molar-refractivity contribution in [3.05, 3.63) is 51.7 Å². The minimum atomic E-state index is -3.78. The molecule has 1 amide bonds. The minimum Gasteiger partial charge on any atom is -0.341 e. The average Bonchev–Trinajstić information content (AvgIpc) is 3.32. The Morgan fingerprint density at radius 1 is 1.09 bits per heavy atom. The number of amides is 1. The van der Waals surface area contributed by atoms with Crippen LogP contribution >= 0.6 is 11.3 Å². The van der Waals surface area contributed by atoms with E-state index in [2.05, 4.69) is 21.1 Å². The lowest BCUT2D eigenvalue weighted by Gasteiger charge is -2.44. The smallest absolute Gasteiger partial charge is 0.243 e. The summed E-state index contributed by atoms with van der Waals surface area (Å²) in [6.45, 7) is 5.38. The van der Waals surface area contributed by atoms with Gasteiger partial charge in [-0.2, -0.15) is 4.72 Å². The van der Waals surface area contributed by atoms with Crippen LogP contribution in [0.2, 0.25) is 0 Å². The Bertz CT molecular complexity index is 1130. The molecule has 1 saturated heterocycles. The number of sulfonamides is 1. The van der Waals surface area contributed by atoms with Crippen molar-refractivity contribution in [3.63, 3.8) is 0 Å². The highest BCUT2D eigenvalue weighted by Crippen LogP contribution is 2.34. The van der Waals surface area contributed by atoms with Crippen LogP contribution < -0.4 is 4.72 Å². The summed E-state index contributed by atoms with van der Waals surface area (Å²) in [5, 5.41) is 2.19. The van der Waals surface area contributed by atoms with E-state index in [1.807, 2.05) is 29.2 Å². The lowest BCUT2D eigenvalue weighted by Crippen LogP contribution is -2.62. The summed E-state index contributed by atoms with van der Waals surface area (Å²) in [5.74, 6) is -0.0272.